The fourth-order valence-corrected chi connectivity index (χ4v) is 2.87. The largest absolute Gasteiger partial charge is 0.339 e. The fraction of sp³-hybridized carbons (Fsp3) is 0.333. The third kappa shape index (κ3) is 6.08. The van der Waals surface area contributed by atoms with Gasteiger partial charge in [-0.2, -0.15) is 0 Å². The Morgan fingerprint density at radius 2 is 1.74 bits per heavy atom. The van der Waals surface area contributed by atoms with E-state index >= 15 is 0 Å². The molecule has 2 amide bonds. The summed E-state index contributed by atoms with van der Waals surface area (Å²) in [4.78, 5) is 26.4. The maximum Gasteiger partial charge on any atom is 0.253 e. The van der Waals surface area contributed by atoms with Crippen LogP contribution in [0.4, 0.5) is 5.69 Å². The van der Waals surface area contributed by atoms with Crippen molar-refractivity contribution in [3.8, 4) is 0 Å². The molecule has 0 aliphatic carbocycles. The van der Waals surface area contributed by atoms with Crippen molar-refractivity contribution in [2.24, 2.45) is 0 Å². The van der Waals surface area contributed by atoms with Gasteiger partial charge < -0.3 is 15.5 Å². The van der Waals surface area contributed by atoms with Crippen LogP contribution < -0.4 is 10.6 Å². The molecule has 0 heterocycles. The highest BCUT2D eigenvalue weighted by atomic mass is 35.5. The molecule has 0 radical (unpaired) electrons. The predicted octanol–water partition coefficient (Wildman–Crippen LogP) is 4.11. The maximum atomic E-state index is 12.4. The molecule has 1 atom stereocenters. The van der Waals surface area contributed by atoms with Crippen molar-refractivity contribution in [3.63, 3.8) is 0 Å². The number of nitrogens with one attached hydrogen (secondary N) is 2. The average Bonchev–Trinajstić information content (AvgIpc) is 2.67. The van der Waals surface area contributed by atoms with Crippen molar-refractivity contribution in [1.29, 1.82) is 0 Å². The van der Waals surface area contributed by atoms with Crippen LogP contribution in [0.15, 0.2) is 48.5 Å². The lowest BCUT2D eigenvalue weighted by Gasteiger charge is -2.19. The summed E-state index contributed by atoms with van der Waals surface area (Å²) in [6.45, 7) is 7.34. The zero-order valence-corrected chi connectivity index (χ0v) is 16.7. The Hall–Kier alpha value is -2.37. The molecule has 0 saturated heterocycles. The second-order valence-corrected chi connectivity index (χ2v) is 6.70. The van der Waals surface area contributed by atoms with Crippen LogP contribution in [0.2, 0.25) is 5.02 Å². The summed E-state index contributed by atoms with van der Waals surface area (Å²) in [5, 5.41) is 6.70. The SMILES string of the molecule is CCN(CC)C(=O)c1cccc(NC(=O)CN[C@H](C)c2ccc(Cl)cc2)c1. The van der Waals surface area contributed by atoms with Crippen LogP contribution in [0.3, 0.4) is 0 Å². The van der Waals surface area contributed by atoms with Gasteiger partial charge in [-0.3, -0.25) is 9.59 Å². The highest BCUT2D eigenvalue weighted by molar-refractivity contribution is 6.30. The van der Waals surface area contributed by atoms with E-state index in [0.29, 0.717) is 29.4 Å². The molecule has 0 aromatic heterocycles. The molecule has 5 nitrogen and oxygen atoms in total. The molecule has 0 saturated carbocycles. The summed E-state index contributed by atoms with van der Waals surface area (Å²) in [5.74, 6) is -0.200. The van der Waals surface area contributed by atoms with Gasteiger partial charge >= 0.3 is 0 Å². The predicted molar refractivity (Wildman–Crippen MR) is 110 cm³/mol. The van der Waals surface area contributed by atoms with Crippen LogP contribution in [0.25, 0.3) is 0 Å². The highest BCUT2D eigenvalue weighted by Gasteiger charge is 2.13. The van der Waals surface area contributed by atoms with E-state index in [0.717, 1.165) is 5.56 Å². The van der Waals surface area contributed by atoms with Crippen LogP contribution in [-0.2, 0) is 4.79 Å². The lowest BCUT2D eigenvalue weighted by Crippen LogP contribution is -2.31. The van der Waals surface area contributed by atoms with E-state index in [2.05, 4.69) is 10.6 Å². The van der Waals surface area contributed by atoms with Crippen molar-refractivity contribution in [2.45, 2.75) is 26.8 Å². The molecular weight excluding hydrogens is 362 g/mol. The van der Waals surface area contributed by atoms with Gasteiger partial charge in [0.25, 0.3) is 5.91 Å². The van der Waals surface area contributed by atoms with Crippen LogP contribution >= 0.6 is 11.6 Å². The Kier molecular flexibility index (Phi) is 7.82. The molecule has 6 heteroatoms. The normalized spacial score (nSPS) is 11.7. The minimum Gasteiger partial charge on any atom is -0.339 e. The zero-order chi connectivity index (χ0) is 19.8. The highest BCUT2D eigenvalue weighted by Crippen LogP contribution is 2.16. The van der Waals surface area contributed by atoms with Crippen LogP contribution in [0.1, 0.15) is 42.7 Å². The summed E-state index contributed by atoms with van der Waals surface area (Å²) < 4.78 is 0. The van der Waals surface area contributed by atoms with Gasteiger partial charge in [-0.1, -0.05) is 29.8 Å². The minimum atomic E-state index is -0.164. The molecule has 0 aliphatic heterocycles. The first-order valence-electron chi connectivity index (χ1n) is 9.12. The first-order chi connectivity index (χ1) is 12.9. The van der Waals surface area contributed by atoms with Gasteiger partial charge in [0, 0.05) is 35.4 Å². The third-order valence-corrected chi connectivity index (χ3v) is 4.63. The summed E-state index contributed by atoms with van der Waals surface area (Å²) in [6, 6.07) is 14.6. The topological polar surface area (TPSA) is 61.4 Å². The molecule has 0 aliphatic rings. The summed E-state index contributed by atoms with van der Waals surface area (Å²) >= 11 is 5.90. The summed E-state index contributed by atoms with van der Waals surface area (Å²) in [6.07, 6.45) is 0. The summed E-state index contributed by atoms with van der Waals surface area (Å²) in [7, 11) is 0. The van der Waals surface area contributed by atoms with Gasteiger partial charge in [0.05, 0.1) is 6.54 Å². The smallest absolute Gasteiger partial charge is 0.253 e. The van der Waals surface area contributed by atoms with Crippen molar-refractivity contribution in [1.82, 2.24) is 10.2 Å². The quantitative estimate of drug-likeness (QED) is 0.716. The number of nitrogens with zero attached hydrogens (tertiary/aromatic N) is 1. The standard InChI is InChI=1S/C21H26ClN3O2/c1-4-25(5-2)21(27)17-7-6-8-19(13-17)24-20(26)14-23-15(3)16-9-11-18(22)12-10-16/h6-13,15,23H,4-5,14H2,1-3H3,(H,24,26)/t15-/m1/s1. The Morgan fingerprint density at radius 1 is 1.07 bits per heavy atom. The fourth-order valence-electron chi connectivity index (χ4n) is 2.74. The molecule has 2 aromatic rings. The lowest BCUT2D eigenvalue weighted by molar-refractivity contribution is -0.115. The molecular formula is C21H26ClN3O2. The van der Waals surface area contributed by atoms with Crippen molar-refractivity contribution in [3.05, 3.63) is 64.7 Å². The van der Waals surface area contributed by atoms with Gasteiger partial charge in [0.15, 0.2) is 0 Å². The average molecular weight is 388 g/mol. The van der Waals surface area contributed by atoms with Gasteiger partial charge in [-0.25, -0.2) is 0 Å². The first-order valence-corrected chi connectivity index (χ1v) is 9.50. The van der Waals surface area contributed by atoms with Crippen molar-refractivity contribution < 1.29 is 9.59 Å². The van der Waals surface area contributed by atoms with E-state index < -0.39 is 0 Å². The summed E-state index contributed by atoms with van der Waals surface area (Å²) in [5.41, 5.74) is 2.23. The van der Waals surface area contributed by atoms with E-state index in [1.807, 2.05) is 45.0 Å². The van der Waals surface area contributed by atoms with E-state index in [9.17, 15) is 9.59 Å². The van der Waals surface area contributed by atoms with Gasteiger partial charge in [-0.15, -0.1) is 0 Å². The maximum absolute atomic E-state index is 12.4. The van der Waals surface area contributed by atoms with Crippen LogP contribution in [0.5, 0.6) is 0 Å². The van der Waals surface area contributed by atoms with Crippen LogP contribution in [0, 0.1) is 0 Å². The third-order valence-electron chi connectivity index (χ3n) is 4.38. The number of carbonyl (C=O) groups excluding carboxylic acids is 2. The Labute approximate surface area is 165 Å². The Balaban J connectivity index is 1.92. The number of carbonyl (C=O) groups is 2. The van der Waals surface area contributed by atoms with Crippen molar-refractivity contribution >= 4 is 29.1 Å². The molecule has 0 unspecified atom stereocenters. The number of hydrogen-bond donors (Lipinski definition) is 2. The molecule has 2 N–H and O–H groups in total. The Bertz CT molecular complexity index is 773. The number of rotatable bonds is 8. The molecule has 2 aromatic carbocycles. The molecule has 0 fully saturated rings. The number of halogens is 1. The second-order valence-electron chi connectivity index (χ2n) is 6.26. The van der Waals surface area contributed by atoms with Gasteiger partial charge in [0.2, 0.25) is 5.91 Å². The van der Waals surface area contributed by atoms with E-state index in [1.165, 1.54) is 0 Å². The Morgan fingerprint density at radius 3 is 2.37 bits per heavy atom. The molecule has 2 rings (SSSR count). The lowest BCUT2D eigenvalue weighted by atomic mass is 10.1. The molecule has 0 bridgehead atoms. The van der Waals surface area contributed by atoms with Gasteiger partial charge in [0.1, 0.15) is 0 Å². The molecule has 27 heavy (non-hydrogen) atoms. The van der Waals surface area contributed by atoms with E-state index in [-0.39, 0.29) is 24.4 Å². The minimum absolute atomic E-state index is 0.0172. The molecule has 0 spiro atoms. The number of hydrogen-bond acceptors (Lipinski definition) is 3. The van der Waals surface area contributed by atoms with E-state index in [1.54, 1.807) is 29.2 Å². The number of anilines is 1. The zero-order valence-electron chi connectivity index (χ0n) is 16.0. The number of benzene rings is 2. The first kappa shape index (κ1) is 20.9. The van der Waals surface area contributed by atoms with Gasteiger partial charge in [-0.05, 0) is 56.7 Å². The monoisotopic (exact) mass is 387 g/mol. The molecule has 144 valence electrons. The second kappa shape index (κ2) is 10.1. The van der Waals surface area contributed by atoms with Crippen molar-refractivity contribution in [2.75, 3.05) is 25.0 Å². The van der Waals surface area contributed by atoms with Crippen LogP contribution in [-0.4, -0.2) is 36.3 Å². The number of amides is 2. The van der Waals surface area contributed by atoms with E-state index in [4.69, 9.17) is 11.6 Å².